The molecule has 0 saturated heterocycles. The second kappa shape index (κ2) is 34.1. The SMILES string of the molecule is CCc1ccc(-c2ccccc2C)[n+](C)c1.Cc1ccccc1-c1c(C)c(C)cc[n+]1C.Cc1ccccc1-c1c(C)ccc[n+]1C.[2H]C([2H])([2H])c1c[n+](C)c(-c2ccccc2C)c(C)c1C.[2H]C([2H])([2H])c1c[n+](C)c(-c2ccccc2C)cc1C.[2H]C([2H])([2H])c1cc(C)c(-c2ccccc2C)[n+](C)c1. The van der Waals surface area contributed by atoms with Gasteiger partial charge in [0.25, 0.3) is 0 Å². The van der Waals surface area contributed by atoms with Gasteiger partial charge in [-0.15, -0.1) is 0 Å². The van der Waals surface area contributed by atoms with Crippen molar-refractivity contribution in [2.24, 2.45) is 42.3 Å². The highest BCUT2D eigenvalue weighted by atomic mass is 14.9. The molecule has 6 heterocycles. The predicted octanol–water partition coefficient (Wildman–Crippen LogP) is 18.6. The standard InChI is InChI=1S/C16H20N.4C15H18N.C14H16N/c1-11-8-6-7-9-15(11)16-14(4)13(3)12(2)10-17(16)5;1-11-9-13(3)15(16(4)10-11)14-8-6-5-7-12(14)2;1-11-7-5-6-8-14(11)15-9-12(2)13(3)10-16(15)4;1-11-9-10-16(4)15(13(11)3)14-8-6-5-7-12(14)2;1-4-13-9-10-15(16(3)11-13)14-8-6-5-7-12(14)2;1-11-7-4-5-9-13(11)14-12(2)8-6-10-15(14)3/h6-10H,1-5H3;3*5-10H,1-4H3;5-11H,4H2,1-3H3;4-10H,1-3H3/q6*+1/i2D3;1D3;3D3;;;. The minimum Gasteiger partial charge on any atom is -0.201 e. The summed E-state index contributed by atoms with van der Waals surface area (Å²) in [6.07, 6.45) is 12.7. The van der Waals surface area contributed by atoms with Crippen molar-refractivity contribution < 1.29 is 39.7 Å². The van der Waals surface area contributed by atoms with Crippen molar-refractivity contribution in [2.45, 2.75) is 124 Å². The maximum atomic E-state index is 7.64. The summed E-state index contributed by atoms with van der Waals surface area (Å²) >= 11 is 0. The Bertz CT molecular complexity index is 4980. The lowest BCUT2D eigenvalue weighted by Crippen LogP contribution is -2.33. The summed E-state index contributed by atoms with van der Waals surface area (Å²) in [6.45, 7) is 22.8. The van der Waals surface area contributed by atoms with E-state index in [0.29, 0.717) is 16.7 Å². The largest absolute Gasteiger partial charge is 0.215 e. The van der Waals surface area contributed by atoms with Crippen molar-refractivity contribution in [1.82, 2.24) is 0 Å². The Balaban J connectivity index is 0.000000176. The molecule has 0 radical (unpaired) electrons. The van der Waals surface area contributed by atoms with Gasteiger partial charge in [-0.2, -0.15) is 0 Å². The number of hydrogen-bond donors (Lipinski definition) is 0. The fourth-order valence-electron chi connectivity index (χ4n) is 12.3. The molecule has 0 aliphatic carbocycles. The first kappa shape index (κ1) is 61.1. The van der Waals surface area contributed by atoms with Crippen molar-refractivity contribution in [2.75, 3.05) is 0 Å². The van der Waals surface area contributed by atoms with E-state index in [-0.39, 0.29) is 0 Å². The Morgan fingerprint density at radius 1 is 0.260 bits per heavy atom. The molecule has 492 valence electrons. The third kappa shape index (κ3) is 18.4. The average molecular weight is 1280 g/mol. The monoisotopic (exact) mass is 1280 g/mol. The van der Waals surface area contributed by atoms with Crippen LogP contribution in [0.15, 0.2) is 225 Å². The Kier molecular flexibility index (Phi) is 21.7. The van der Waals surface area contributed by atoms with Crippen LogP contribution in [0.2, 0.25) is 0 Å². The van der Waals surface area contributed by atoms with Crippen LogP contribution >= 0.6 is 0 Å². The summed E-state index contributed by atoms with van der Waals surface area (Å²) < 4.78 is 80.4. The van der Waals surface area contributed by atoms with Crippen LogP contribution in [0.5, 0.6) is 0 Å². The first-order valence-corrected chi connectivity index (χ1v) is 33.1. The first-order chi connectivity index (χ1) is 49.4. The molecule has 0 aliphatic rings. The van der Waals surface area contributed by atoms with Gasteiger partial charge in [0.05, 0.1) is 0 Å². The fraction of sp³-hybridized carbons (Fsp3) is 0.267. The third-order valence-electron chi connectivity index (χ3n) is 18.2. The van der Waals surface area contributed by atoms with Crippen LogP contribution in [0.25, 0.3) is 67.5 Å². The van der Waals surface area contributed by atoms with Gasteiger partial charge in [-0.3, -0.25) is 0 Å². The predicted molar refractivity (Wildman–Crippen MR) is 403 cm³/mol. The molecule has 0 spiro atoms. The second-order valence-electron chi connectivity index (χ2n) is 25.5. The second-order valence-corrected chi connectivity index (χ2v) is 25.5. The molecule has 6 nitrogen and oxygen atoms in total. The molecule has 0 atom stereocenters. The molecule has 0 N–H and O–H groups in total. The minimum absolute atomic E-state index is 0.379. The molecular formula is C90H108N6+6. The van der Waals surface area contributed by atoms with Gasteiger partial charge >= 0.3 is 0 Å². The zero-order chi connectivity index (χ0) is 77.6. The summed E-state index contributed by atoms with van der Waals surface area (Å²) in [5, 5.41) is 0. The molecule has 0 amide bonds. The van der Waals surface area contributed by atoms with Gasteiger partial charge in [-0.25, -0.2) is 27.4 Å². The van der Waals surface area contributed by atoms with Crippen LogP contribution in [0, 0.1) is 111 Å². The van der Waals surface area contributed by atoms with Crippen molar-refractivity contribution in [3.05, 3.63) is 320 Å². The van der Waals surface area contributed by atoms with E-state index in [9.17, 15) is 0 Å². The van der Waals surface area contributed by atoms with E-state index in [4.69, 9.17) is 12.3 Å². The lowest BCUT2D eigenvalue weighted by atomic mass is 9.97. The summed E-state index contributed by atoms with van der Waals surface area (Å²) in [6, 6.07) is 64.5. The highest BCUT2D eigenvalue weighted by molar-refractivity contribution is 5.68. The zero-order valence-corrected chi connectivity index (χ0v) is 60.8. The molecule has 0 fully saturated rings. The summed E-state index contributed by atoms with van der Waals surface area (Å²) in [7, 11) is 12.0. The molecule has 0 bridgehead atoms. The summed E-state index contributed by atoms with van der Waals surface area (Å²) in [5.74, 6) is 0. The molecule has 0 unspecified atom stereocenters. The highest BCUT2D eigenvalue weighted by Crippen LogP contribution is 2.29. The summed E-state index contributed by atoms with van der Waals surface area (Å²) in [5.41, 5.74) is 32.2. The number of pyridine rings is 6. The van der Waals surface area contributed by atoms with Gasteiger partial charge in [0.2, 0.25) is 34.2 Å². The van der Waals surface area contributed by atoms with E-state index in [1.807, 2.05) is 105 Å². The van der Waals surface area contributed by atoms with Crippen LogP contribution < -0.4 is 27.4 Å². The van der Waals surface area contributed by atoms with Gasteiger partial charge in [0, 0.05) is 114 Å². The van der Waals surface area contributed by atoms with E-state index in [0.717, 1.165) is 62.4 Å². The van der Waals surface area contributed by atoms with E-state index in [1.54, 1.807) is 24.7 Å². The van der Waals surface area contributed by atoms with Crippen LogP contribution in [0.3, 0.4) is 0 Å². The number of hydrogen-bond acceptors (Lipinski definition) is 0. The van der Waals surface area contributed by atoms with Crippen molar-refractivity contribution in [3.8, 4) is 67.5 Å². The van der Waals surface area contributed by atoms with E-state index < -0.39 is 20.6 Å². The van der Waals surface area contributed by atoms with Gasteiger partial charge in [0.15, 0.2) is 37.2 Å². The molecule has 12 rings (SSSR count). The fourth-order valence-corrected chi connectivity index (χ4v) is 12.3. The Morgan fingerprint density at radius 2 is 0.656 bits per heavy atom. The molecule has 0 aliphatic heterocycles. The van der Waals surface area contributed by atoms with Crippen LogP contribution in [-0.4, -0.2) is 0 Å². The molecule has 12 aromatic rings. The lowest BCUT2D eigenvalue weighted by Gasteiger charge is -2.10. The number of rotatable bonds is 7. The molecule has 0 saturated carbocycles. The van der Waals surface area contributed by atoms with Gasteiger partial charge in [-0.1, -0.05) is 116 Å². The molecule has 6 aromatic heterocycles. The maximum Gasteiger partial charge on any atom is 0.215 e. The van der Waals surface area contributed by atoms with Crippen molar-refractivity contribution >= 4 is 0 Å². The number of aromatic nitrogens is 6. The van der Waals surface area contributed by atoms with E-state index in [1.165, 1.54) is 89.4 Å². The van der Waals surface area contributed by atoms with Gasteiger partial charge < -0.3 is 0 Å². The van der Waals surface area contributed by atoms with E-state index >= 15 is 0 Å². The lowest BCUT2D eigenvalue weighted by molar-refractivity contribution is -0.661. The van der Waals surface area contributed by atoms with Gasteiger partial charge in [-0.05, 0) is 222 Å². The molecular weight excluding hydrogens is 1170 g/mol. The number of benzene rings is 6. The third-order valence-corrected chi connectivity index (χ3v) is 18.2. The Hall–Kier alpha value is -9.78. The highest BCUT2D eigenvalue weighted by Gasteiger charge is 2.21. The molecule has 6 heteroatoms. The van der Waals surface area contributed by atoms with E-state index in [2.05, 4.69) is 262 Å². The summed E-state index contributed by atoms with van der Waals surface area (Å²) in [4.78, 5) is 0. The first-order valence-electron chi connectivity index (χ1n) is 37.6. The van der Waals surface area contributed by atoms with Crippen molar-refractivity contribution in [3.63, 3.8) is 0 Å². The quantitative estimate of drug-likeness (QED) is 0.142. The minimum atomic E-state index is -2.07. The van der Waals surface area contributed by atoms with Crippen LogP contribution in [-0.2, 0) is 48.7 Å². The van der Waals surface area contributed by atoms with Gasteiger partial charge in [0.1, 0.15) is 42.3 Å². The number of aryl methyl sites for hydroxylation is 20. The van der Waals surface area contributed by atoms with Crippen LogP contribution in [0.4, 0.5) is 0 Å². The Labute approximate surface area is 590 Å². The maximum absolute atomic E-state index is 7.64. The molecule has 6 aromatic carbocycles. The smallest absolute Gasteiger partial charge is 0.201 e. The Morgan fingerprint density at radius 3 is 1.09 bits per heavy atom. The zero-order valence-electron chi connectivity index (χ0n) is 69.8. The normalized spacial score (nSPS) is 12.3. The average Bonchev–Trinajstić information content (AvgIpc) is 0.770. The molecule has 96 heavy (non-hydrogen) atoms. The number of nitrogens with zero attached hydrogens (tertiary/aromatic N) is 6. The topological polar surface area (TPSA) is 23.3 Å². The van der Waals surface area contributed by atoms with Crippen LogP contribution in [0.1, 0.15) is 114 Å². The van der Waals surface area contributed by atoms with Crippen molar-refractivity contribution in [1.29, 1.82) is 0 Å².